The van der Waals surface area contributed by atoms with Crippen LogP contribution in [0, 0.1) is 0 Å². The summed E-state index contributed by atoms with van der Waals surface area (Å²) < 4.78 is 7.75. The summed E-state index contributed by atoms with van der Waals surface area (Å²) in [5, 5.41) is 1.98. The maximum Gasteiger partial charge on any atom is 0.149 e. The average molecular weight is 316 g/mol. The fraction of sp³-hybridized carbons (Fsp3) is 0.182. The average Bonchev–Trinajstić information content (AvgIpc) is 2.77. The number of ether oxygens (including phenoxy) is 1. The first-order valence-electron chi connectivity index (χ1n) is 4.75. The third-order valence-corrected chi connectivity index (χ3v) is 4.21. The minimum Gasteiger partial charge on any atom is -0.493 e. The number of aromatic nitrogens is 1. The van der Waals surface area contributed by atoms with Crippen LogP contribution < -0.4 is 4.74 Å². The molecule has 0 radical (unpaired) electrons. The Morgan fingerprint density at radius 2 is 2.38 bits per heavy atom. The van der Waals surface area contributed by atoms with Gasteiger partial charge in [0.1, 0.15) is 10.1 Å². The van der Waals surface area contributed by atoms with Gasteiger partial charge in [-0.15, -0.1) is 11.3 Å². The molecule has 0 aliphatic rings. The van der Waals surface area contributed by atoms with E-state index in [2.05, 4.69) is 20.9 Å². The van der Waals surface area contributed by atoms with Gasteiger partial charge >= 0.3 is 0 Å². The summed E-state index contributed by atoms with van der Waals surface area (Å²) in [6, 6.07) is 7.87. The predicted molar refractivity (Wildman–Crippen MR) is 72.5 cm³/mol. The monoisotopic (exact) mass is 315 g/mol. The van der Waals surface area contributed by atoms with Crippen molar-refractivity contribution in [2.75, 3.05) is 12.4 Å². The molecule has 2 rings (SSSR count). The third kappa shape index (κ3) is 3.81. The van der Waals surface area contributed by atoms with Gasteiger partial charge in [-0.25, -0.2) is 4.98 Å². The van der Waals surface area contributed by atoms with Gasteiger partial charge < -0.3 is 4.74 Å². The van der Waals surface area contributed by atoms with Crippen LogP contribution in [0.4, 0.5) is 0 Å². The molecule has 0 amide bonds. The Kier molecular flexibility index (Phi) is 4.69. The standard InChI is InChI=1S/C11H10BrNOS2/c12-9-2-1-3-10(8-9)14-5-7-16-11-13-4-6-15-11/h1-4,6,8H,5,7H2. The predicted octanol–water partition coefficient (Wildman–Crippen LogP) is 4.08. The van der Waals surface area contributed by atoms with Gasteiger partial charge in [0, 0.05) is 21.8 Å². The summed E-state index contributed by atoms with van der Waals surface area (Å²) in [5.41, 5.74) is 0. The maximum atomic E-state index is 5.61. The van der Waals surface area contributed by atoms with Gasteiger partial charge in [-0.2, -0.15) is 0 Å². The molecule has 0 unspecified atom stereocenters. The number of hydrogen-bond acceptors (Lipinski definition) is 4. The number of rotatable bonds is 5. The van der Waals surface area contributed by atoms with E-state index in [1.54, 1.807) is 23.1 Å². The molecule has 0 saturated heterocycles. The zero-order chi connectivity index (χ0) is 11.2. The molecule has 0 bridgehead atoms. The van der Waals surface area contributed by atoms with Crippen LogP contribution in [0.15, 0.2) is 44.7 Å². The van der Waals surface area contributed by atoms with E-state index in [1.165, 1.54) is 0 Å². The number of thioether (sulfide) groups is 1. The third-order valence-electron chi connectivity index (χ3n) is 1.78. The molecule has 1 aromatic carbocycles. The molecule has 0 aliphatic heterocycles. The van der Waals surface area contributed by atoms with Crippen LogP contribution in [0.25, 0.3) is 0 Å². The Hall–Kier alpha value is -0.520. The van der Waals surface area contributed by atoms with Crippen molar-refractivity contribution in [3.05, 3.63) is 40.3 Å². The van der Waals surface area contributed by atoms with Crippen LogP contribution in [0.2, 0.25) is 0 Å². The minimum atomic E-state index is 0.695. The largest absolute Gasteiger partial charge is 0.493 e. The maximum absolute atomic E-state index is 5.61. The summed E-state index contributed by atoms with van der Waals surface area (Å²) in [6.45, 7) is 0.695. The van der Waals surface area contributed by atoms with Crippen molar-refractivity contribution in [1.82, 2.24) is 4.98 Å². The molecule has 0 N–H and O–H groups in total. The molecule has 0 atom stereocenters. The van der Waals surface area contributed by atoms with Crippen molar-refractivity contribution in [3.63, 3.8) is 0 Å². The number of nitrogens with zero attached hydrogens (tertiary/aromatic N) is 1. The molecular formula is C11H10BrNOS2. The summed E-state index contributed by atoms with van der Waals surface area (Å²) in [5.74, 6) is 1.81. The van der Waals surface area contributed by atoms with Crippen LogP contribution in [0.3, 0.4) is 0 Å². The Morgan fingerprint density at radius 1 is 1.44 bits per heavy atom. The molecule has 5 heteroatoms. The van der Waals surface area contributed by atoms with Gasteiger partial charge in [0.25, 0.3) is 0 Å². The molecule has 0 aliphatic carbocycles. The number of benzene rings is 1. The first-order chi connectivity index (χ1) is 7.84. The van der Waals surface area contributed by atoms with Crippen LogP contribution >= 0.6 is 39.0 Å². The Morgan fingerprint density at radius 3 is 3.12 bits per heavy atom. The summed E-state index contributed by atoms with van der Waals surface area (Å²) >= 11 is 6.79. The van der Waals surface area contributed by atoms with E-state index in [-0.39, 0.29) is 0 Å². The van der Waals surface area contributed by atoms with E-state index in [4.69, 9.17) is 4.74 Å². The topological polar surface area (TPSA) is 22.1 Å². The summed E-state index contributed by atoms with van der Waals surface area (Å²) in [6.07, 6.45) is 1.82. The van der Waals surface area contributed by atoms with Crippen molar-refractivity contribution in [1.29, 1.82) is 0 Å². The van der Waals surface area contributed by atoms with E-state index >= 15 is 0 Å². The van der Waals surface area contributed by atoms with Gasteiger partial charge in [-0.3, -0.25) is 0 Å². The molecule has 0 fully saturated rings. The molecule has 1 heterocycles. The van der Waals surface area contributed by atoms with E-state index in [1.807, 2.05) is 35.8 Å². The van der Waals surface area contributed by atoms with Crippen molar-refractivity contribution in [2.45, 2.75) is 4.34 Å². The molecule has 2 nitrogen and oxygen atoms in total. The quantitative estimate of drug-likeness (QED) is 0.613. The number of thiazole rings is 1. The van der Waals surface area contributed by atoms with E-state index in [0.717, 1.165) is 20.3 Å². The second-order valence-corrected chi connectivity index (χ2v) is 6.10. The molecule has 16 heavy (non-hydrogen) atoms. The van der Waals surface area contributed by atoms with Gasteiger partial charge in [-0.1, -0.05) is 33.8 Å². The van der Waals surface area contributed by atoms with Gasteiger partial charge in [0.15, 0.2) is 0 Å². The molecule has 2 aromatic rings. The summed E-state index contributed by atoms with van der Waals surface area (Å²) in [4.78, 5) is 4.19. The van der Waals surface area contributed by atoms with Crippen LogP contribution in [-0.2, 0) is 0 Å². The van der Waals surface area contributed by atoms with Crippen LogP contribution in [-0.4, -0.2) is 17.3 Å². The highest BCUT2D eigenvalue weighted by atomic mass is 79.9. The first kappa shape index (κ1) is 12.0. The Bertz CT molecular complexity index is 433. The number of halogens is 1. The lowest BCUT2D eigenvalue weighted by Crippen LogP contribution is -1.99. The molecule has 0 saturated carbocycles. The molecule has 0 spiro atoms. The SMILES string of the molecule is Brc1cccc(OCCSc2nccs2)c1. The normalized spacial score (nSPS) is 10.3. The highest BCUT2D eigenvalue weighted by Crippen LogP contribution is 2.21. The van der Waals surface area contributed by atoms with Crippen molar-refractivity contribution >= 4 is 39.0 Å². The fourth-order valence-electron chi connectivity index (χ4n) is 1.13. The smallest absolute Gasteiger partial charge is 0.149 e. The van der Waals surface area contributed by atoms with Crippen molar-refractivity contribution < 1.29 is 4.74 Å². The highest BCUT2D eigenvalue weighted by Gasteiger charge is 1.97. The van der Waals surface area contributed by atoms with Crippen LogP contribution in [0.1, 0.15) is 0 Å². The lowest BCUT2D eigenvalue weighted by atomic mass is 10.3. The molecule has 84 valence electrons. The first-order valence-corrected chi connectivity index (χ1v) is 7.41. The fourth-order valence-corrected chi connectivity index (χ4v) is 3.03. The Balaban J connectivity index is 1.72. The number of hydrogen-bond donors (Lipinski definition) is 0. The van der Waals surface area contributed by atoms with Crippen molar-refractivity contribution in [2.24, 2.45) is 0 Å². The highest BCUT2D eigenvalue weighted by molar-refractivity contribution is 9.10. The lowest BCUT2D eigenvalue weighted by molar-refractivity contribution is 0.344. The summed E-state index contributed by atoms with van der Waals surface area (Å²) in [7, 11) is 0. The Labute approximate surface area is 111 Å². The van der Waals surface area contributed by atoms with Gasteiger partial charge in [0.05, 0.1) is 6.61 Å². The second-order valence-electron chi connectivity index (χ2n) is 2.95. The van der Waals surface area contributed by atoms with Crippen molar-refractivity contribution in [3.8, 4) is 5.75 Å². The minimum absolute atomic E-state index is 0.695. The lowest BCUT2D eigenvalue weighted by Gasteiger charge is -2.05. The van der Waals surface area contributed by atoms with Gasteiger partial charge in [-0.05, 0) is 18.2 Å². The zero-order valence-corrected chi connectivity index (χ0v) is 11.6. The van der Waals surface area contributed by atoms with E-state index in [0.29, 0.717) is 6.61 Å². The molecule has 1 aromatic heterocycles. The van der Waals surface area contributed by atoms with E-state index < -0.39 is 0 Å². The van der Waals surface area contributed by atoms with E-state index in [9.17, 15) is 0 Å². The van der Waals surface area contributed by atoms with Crippen LogP contribution in [0.5, 0.6) is 5.75 Å². The zero-order valence-electron chi connectivity index (χ0n) is 8.43. The van der Waals surface area contributed by atoms with Gasteiger partial charge in [0.2, 0.25) is 0 Å². The molecular weight excluding hydrogens is 306 g/mol. The second kappa shape index (κ2) is 6.27.